The average Bonchev–Trinajstić information content (AvgIpc) is 2.98. The zero-order valence-corrected chi connectivity index (χ0v) is 11.9. The third-order valence-electron chi connectivity index (χ3n) is 3.53. The zero-order valence-electron chi connectivity index (χ0n) is 11.9. The molecule has 0 unspecified atom stereocenters. The van der Waals surface area contributed by atoms with Crippen molar-refractivity contribution in [1.29, 1.82) is 0 Å². The number of aromatic nitrogens is 2. The summed E-state index contributed by atoms with van der Waals surface area (Å²) >= 11 is 0. The van der Waals surface area contributed by atoms with Gasteiger partial charge in [0.15, 0.2) is 0 Å². The Morgan fingerprint density at radius 1 is 1.29 bits per heavy atom. The van der Waals surface area contributed by atoms with Gasteiger partial charge in [0.05, 0.1) is 6.54 Å². The van der Waals surface area contributed by atoms with Crippen molar-refractivity contribution >= 4 is 5.91 Å². The Bertz CT molecular complexity index is 613. The molecule has 21 heavy (non-hydrogen) atoms. The van der Waals surface area contributed by atoms with E-state index < -0.39 is 0 Å². The fourth-order valence-corrected chi connectivity index (χ4v) is 2.38. The van der Waals surface area contributed by atoms with Gasteiger partial charge in [0, 0.05) is 43.2 Å². The Kier molecular flexibility index (Phi) is 3.81. The standard InChI is InChI=1S/C16H17N3O2/c1-12-2-3-15(18-10-12)21-14-6-9-19(11-14)16(20)13-4-7-17-8-5-13/h2-5,7-8,10,14H,6,9,11H2,1H3/t14-/m0/s1. The highest BCUT2D eigenvalue weighted by Gasteiger charge is 2.28. The fourth-order valence-electron chi connectivity index (χ4n) is 2.38. The van der Waals surface area contributed by atoms with Gasteiger partial charge >= 0.3 is 0 Å². The molecule has 1 saturated heterocycles. The summed E-state index contributed by atoms with van der Waals surface area (Å²) in [7, 11) is 0. The van der Waals surface area contributed by atoms with Crippen LogP contribution < -0.4 is 4.74 Å². The Balaban J connectivity index is 1.60. The van der Waals surface area contributed by atoms with Crippen molar-refractivity contribution < 1.29 is 9.53 Å². The summed E-state index contributed by atoms with van der Waals surface area (Å²) in [6, 6.07) is 7.30. The number of aryl methyl sites for hydroxylation is 1. The number of hydrogen-bond acceptors (Lipinski definition) is 4. The quantitative estimate of drug-likeness (QED) is 0.865. The van der Waals surface area contributed by atoms with Crippen LogP contribution in [0, 0.1) is 6.92 Å². The van der Waals surface area contributed by atoms with Crippen LogP contribution in [0.15, 0.2) is 42.9 Å². The maximum atomic E-state index is 12.3. The minimum atomic E-state index is 0.00555. The third-order valence-corrected chi connectivity index (χ3v) is 3.53. The number of pyridine rings is 2. The van der Waals surface area contributed by atoms with Crippen LogP contribution in [0.4, 0.5) is 0 Å². The van der Waals surface area contributed by atoms with E-state index in [2.05, 4.69) is 9.97 Å². The predicted molar refractivity (Wildman–Crippen MR) is 78.1 cm³/mol. The number of amides is 1. The van der Waals surface area contributed by atoms with E-state index in [1.165, 1.54) is 0 Å². The van der Waals surface area contributed by atoms with E-state index in [0.717, 1.165) is 12.0 Å². The molecule has 0 bridgehead atoms. The molecule has 0 saturated carbocycles. The molecule has 1 atom stereocenters. The van der Waals surface area contributed by atoms with E-state index in [-0.39, 0.29) is 12.0 Å². The summed E-state index contributed by atoms with van der Waals surface area (Å²) in [5.74, 6) is 0.643. The zero-order chi connectivity index (χ0) is 14.7. The van der Waals surface area contributed by atoms with Crippen LogP contribution in [0.3, 0.4) is 0 Å². The second kappa shape index (κ2) is 5.91. The van der Waals surface area contributed by atoms with Gasteiger partial charge in [0.2, 0.25) is 5.88 Å². The molecule has 1 aliphatic rings. The molecule has 0 aromatic carbocycles. The summed E-state index contributed by atoms with van der Waals surface area (Å²) in [6.45, 7) is 3.29. The molecule has 0 N–H and O–H groups in total. The lowest BCUT2D eigenvalue weighted by atomic mass is 10.2. The number of ether oxygens (including phenoxy) is 1. The van der Waals surface area contributed by atoms with E-state index >= 15 is 0 Å². The van der Waals surface area contributed by atoms with Crippen LogP contribution in [-0.2, 0) is 0 Å². The molecule has 0 radical (unpaired) electrons. The summed E-state index contributed by atoms with van der Waals surface area (Å²) in [4.78, 5) is 22.3. The van der Waals surface area contributed by atoms with Gasteiger partial charge in [-0.1, -0.05) is 6.07 Å². The number of hydrogen-bond donors (Lipinski definition) is 0. The maximum Gasteiger partial charge on any atom is 0.254 e. The van der Waals surface area contributed by atoms with Gasteiger partial charge in [-0.2, -0.15) is 0 Å². The summed E-state index contributed by atoms with van der Waals surface area (Å²) in [6.07, 6.45) is 5.88. The van der Waals surface area contributed by atoms with Gasteiger partial charge in [0.25, 0.3) is 5.91 Å². The Morgan fingerprint density at radius 2 is 2.10 bits per heavy atom. The Labute approximate surface area is 123 Å². The predicted octanol–water partition coefficient (Wildman–Crippen LogP) is 2.08. The van der Waals surface area contributed by atoms with E-state index in [9.17, 15) is 4.79 Å². The van der Waals surface area contributed by atoms with E-state index in [1.807, 2.05) is 24.0 Å². The monoisotopic (exact) mass is 283 g/mol. The van der Waals surface area contributed by atoms with Crippen molar-refractivity contribution in [2.24, 2.45) is 0 Å². The van der Waals surface area contributed by atoms with Crippen molar-refractivity contribution in [1.82, 2.24) is 14.9 Å². The van der Waals surface area contributed by atoms with Crippen LogP contribution in [-0.4, -0.2) is 40.0 Å². The largest absolute Gasteiger partial charge is 0.472 e. The van der Waals surface area contributed by atoms with Crippen LogP contribution in [0.1, 0.15) is 22.3 Å². The third kappa shape index (κ3) is 3.18. The summed E-state index contributed by atoms with van der Waals surface area (Å²) in [5.41, 5.74) is 1.77. The molecule has 5 nitrogen and oxygen atoms in total. The van der Waals surface area contributed by atoms with E-state index in [4.69, 9.17) is 4.74 Å². The molecule has 3 rings (SSSR count). The van der Waals surface area contributed by atoms with Crippen LogP contribution in [0.25, 0.3) is 0 Å². The molecule has 3 heterocycles. The van der Waals surface area contributed by atoms with Crippen molar-refractivity contribution in [3.63, 3.8) is 0 Å². The molecule has 2 aromatic heterocycles. The van der Waals surface area contributed by atoms with Crippen LogP contribution in [0.2, 0.25) is 0 Å². The van der Waals surface area contributed by atoms with E-state index in [0.29, 0.717) is 24.5 Å². The van der Waals surface area contributed by atoms with Crippen molar-refractivity contribution in [3.05, 3.63) is 54.0 Å². The van der Waals surface area contributed by atoms with Gasteiger partial charge in [-0.3, -0.25) is 9.78 Å². The molecular weight excluding hydrogens is 266 g/mol. The van der Waals surface area contributed by atoms with Gasteiger partial charge in [-0.25, -0.2) is 4.98 Å². The van der Waals surface area contributed by atoms with Gasteiger partial charge < -0.3 is 9.64 Å². The SMILES string of the molecule is Cc1ccc(O[C@H]2CCN(C(=O)c3ccncc3)C2)nc1. The highest BCUT2D eigenvalue weighted by atomic mass is 16.5. The number of carbonyl (C=O) groups excluding carboxylic acids is 1. The van der Waals surface area contributed by atoms with Gasteiger partial charge in [-0.05, 0) is 24.6 Å². The summed E-state index contributed by atoms with van der Waals surface area (Å²) < 4.78 is 5.83. The first-order chi connectivity index (χ1) is 10.2. The second-order valence-corrected chi connectivity index (χ2v) is 5.19. The summed E-state index contributed by atoms with van der Waals surface area (Å²) in [5, 5.41) is 0. The highest BCUT2D eigenvalue weighted by Crippen LogP contribution is 2.18. The first-order valence-electron chi connectivity index (χ1n) is 7.01. The lowest BCUT2D eigenvalue weighted by Crippen LogP contribution is -2.31. The second-order valence-electron chi connectivity index (χ2n) is 5.19. The van der Waals surface area contributed by atoms with Gasteiger partial charge in [0.1, 0.15) is 6.10 Å². The smallest absolute Gasteiger partial charge is 0.254 e. The van der Waals surface area contributed by atoms with Gasteiger partial charge in [-0.15, -0.1) is 0 Å². The topological polar surface area (TPSA) is 55.3 Å². The van der Waals surface area contributed by atoms with Crippen LogP contribution in [0.5, 0.6) is 5.88 Å². The molecular formula is C16H17N3O2. The van der Waals surface area contributed by atoms with Crippen molar-refractivity contribution in [2.45, 2.75) is 19.4 Å². The Morgan fingerprint density at radius 3 is 2.81 bits per heavy atom. The molecule has 0 spiro atoms. The molecule has 0 aliphatic carbocycles. The minimum absolute atomic E-state index is 0.00555. The highest BCUT2D eigenvalue weighted by molar-refractivity contribution is 5.94. The normalized spacial score (nSPS) is 17.8. The first kappa shape index (κ1) is 13.5. The minimum Gasteiger partial charge on any atom is -0.472 e. The molecule has 1 amide bonds. The molecule has 1 aliphatic heterocycles. The van der Waals surface area contributed by atoms with E-state index in [1.54, 1.807) is 30.7 Å². The molecule has 2 aromatic rings. The average molecular weight is 283 g/mol. The fraction of sp³-hybridized carbons (Fsp3) is 0.312. The van der Waals surface area contributed by atoms with Crippen molar-refractivity contribution in [3.8, 4) is 5.88 Å². The number of carbonyl (C=O) groups is 1. The van der Waals surface area contributed by atoms with Crippen LogP contribution >= 0.6 is 0 Å². The lowest BCUT2D eigenvalue weighted by molar-refractivity contribution is 0.0771. The number of rotatable bonds is 3. The van der Waals surface area contributed by atoms with Crippen molar-refractivity contribution in [2.75, 3.05) is 13.1 Å². The molecule has 1 fully saturated rings. The molecule has 108 valence electrons. The Hall–Kier alpha value is -2.43. The number of likely N-dealkylation sites (tertiary alicyclic amines) is 1. The molecule has 5 heteroatoms. The lowest BCUT2D eigenvalue weighted by Gasteiger charge is -2.17. The maximum absolute atomic E-state index is 12.3. The number of nitrogens with zero attached hydrogens (tertiary/aromatic N) is 3. The first-order valence-corrected chi connectivity index (χ1v) is 7.01.